The van der Waals surface area contributed by atoms with Gasteiger partial charge >= 0.3 is 7.43 Å². The summed E-state index contributed by atoms with van der Waals surface area (Å²) < 4.78 is 0. The van der Waals surface area contributed by atoms with Crippen molar-refractivity contribution in [3.63, 3.8) is 0 Å². The number of carbonyl (C=O) groups is 4. The maximum Gasteiger partial charge on any atom is 4.00 e. The van der Waals surface area contributed by atoms with Gasteiger partial charge in [0.1, 0.15) is 0 Å². The zero-order valence-electron chi connectivity index (χ0n) is 8.26. The van der Waals surface area contributed by atoms with Crippen LogP contribution in [0.4, 0.5) is 19.2 Å². The second-order valence-corrected chi connectivity index (χ2v) is 1.06. The first-order chi connectivity index (χ1) is 6.93. The molecule has 0 aliphatic carbocycles. The first-order valence-corrected chi connectivity index (χ1v) is 2.53. The van der Waals surface area contributed by atoms with Gasteiger partial charge in [-0.2, -0.15) is 0 Å². The van der Waals surface area contributed by atoms with Gasteiger partial charge in [0, 0.05) is 0 Å². The van der Waals surface area contributed by atoms with Crippen molar-refractivity contribution in [2.75, 3.05) is 0 Å². The summed E-state index contributed by atoms with van der Waals surface area (Å²) in [6, 6.07) is 0. The smallest absolute Gasteiger partial charge is 0.565 e. The molecule has 13 heteroatoms. The monoisotopic (exact) mass is 273 g/mol. The van der Waals surface area contributed by atoms with E-state index in [4.69, 9.17) is 60.0 Å². The van der Waals surface area contributed by atoms with E-state index in [0.717, 1.165) is 0 Å². The summed E-state index contributed by atoms with van der Waals surface area (Å²) in [5.41, 5.74) is 0. The van der Waals surface area contributed by atoms with Crippen molar-refractivity contribution in [3.8, 4) is 0 Å². The van der Waals surface area contributed by atoms with Crippen LogP contribution in [0.25, 0.3) is 0 Å². The van der Waals surface area contributed by atoms with Crippen LogP contribution in [0.2, 0.25) is 0 Å². The zero-order chi connectivity index (χ0) is 14.3. The second-order valence-electron chi connectivity index (χ2n) is 1.06. The quantitative estimate of drug-likeness (QED) is 0.280. The SMILES string of the molecule is N.O=C([O-])O.O=C([O-])O.O=C([O-])O.O=C([O-])O.[C+4]. The third-order valence-electron chi connectivity index (χ3n) is 0. The summed E-state index contributed by atoms with van der Waals surface area (Å²) in [6.45, 7) is 0. The van der Waals surface area contributed by atoms with E-state index < -0.39 is 24.6 Å². The summed E-state index contributed by atoms with van der Waals surface area (Å²) in [6.07, 6.45) is -8.33. The predicted octanol–water partition coefficient (Wildman–Crippen LogP) is -4.21. The number of carboxylic acid groups (broad SMARTS) is 8. The molecule has 0 saturated carbocycles. The van der Waals surface area contributed by atoms with Gasteiger partial charge in [0.25, 0.3) is 0 Å². The van der Waals surface area contributed by atoms with Crippen molar-refractivity contribution in [1.29, 1.82) is 0 Å². The molecule has 0 aliphatic rings. The molecule has 0 aromatic heterocycles. The Morgan fingerprint density at radius 3 is 0.556 bits per heavy atom. The van der Waals surface area contributed by atoms with Crippen LogP contribution in [-0.4, -0.2) is 45.0 Å². The number of rotatable bonds is 0. The van der Waals surface area contributed by atoms with Crippen molar-refractivity contribution >= 4 is 24.6 Å². The van der Waals surface area contributed by atoms with Gasteiger partial charge in [-0.25, -0.2) is 0 Å². The van der Waals surface area contributed by atoms with Crippen molar-refractivity contribution < 1.29 is 60.0 Å². The zero-order valence-corrected chi connectivity index (χ0v) is 8.26. The van der Waals surface area contributed by atoms with Crippen LogP contribution in [0.3, 0.4) is 0 Å². The van der Waals surface area contributed by atoms with Gasteiger partial charge in [0.05, 0.1) is 0 Å². The molecule has 7 N–H and O–H groups in total. The Bertz CT molecular complexity index is 161. The molecule has 0 aromatic rings. The average molecular weight is 273 g/mol. The van der Waals surface area contributed by atoms with Crippen LogP contribution in [0.1, 0.15) is 0 Å². The van der Waals surface area contributed by atoms with Crippen LogP contribution >= 0.6 is 0 Å². The summed E-state index contributed by atoms with van der Waals surface area (Å²) >= 11 is 0. The van der Waals surface area contributed by atoms with E-state index in [9.17, 15) is 0 Å². The van der Waals surface area contributed by atoms with E-state index in [1.54, 1.807) is 0 Å². The molecule has 0 unspecified atom stereocenters. The first kappa shape index (κ1) is 36.3. The van der Waals surface area contributed by atoms with Crippen LogP contribution < -0.4 is 26.6 Å². The third-order valence-corrected chi connectivity index (χ3v) is 0. The molecule has 0 radical (unpaired) electrons. The minimum absolute atomic E-state index is 0. The van der Waals surface area contributed by atoms with E-state index in [2.05, 4.69) is 0 Å². The Morgan fingerprint density at radius 1 is 0.556 bits per heavy atom. The van der Waals surface area contributed by atoms with E-state index in [-0.39, 0.29) is 13.6 Å². The number of hydrogen-bond donors (Lipinski definition) is 5. The summed E-state index contributed by atoms with van der Waals surface area (Å²) in [4.78, 5) is 33.8. The van der Waals surface area contributed by atoms with Gasteiger partial charge in [0.2, 0.25) is 24.6 Å². The van der Waals surface area contributed by atoms with Crippen LogP contribution in [0, 0.1) is 7.43 Å². The van der Waals surface area contributed by atoms with E-state index >= 15 is 0 Å². The molecule has 13 nitrogen and oxygen atoms in total. The Hall–Kier alpha value is -2.96. The van der Waals surface area contributed by atoms with E-state index in [1.165, 1.54) is 0 Å². The molecule has 18 heavy (non-hydrogen) atoms. The molecule has 0 aromatic carbocycles. The molecule has 0 rings (SSSR count). The van der Waals surface area contributed by atoms with E-state index in [1.807, 2.05) is 0 Å². The molecule has 0 heterocycles. The fourth-order valence-electron chi connectivity index (χ4n) is 0. The standard InChI is InChI=1S/4CH2O3.C.H3N/c4*2-1(3)4;;/h4*(H2,2,3,4);;1H3/q;;;;+4;/p-4. The van der Waals surface area contributed by atoms with Gasteiger partial charge < -0.3 is 66.2 Å². The molecule has 0 atom stereocenters. The third kappa shape index (κ3) is 216. The Kier molecular flexibility index (Phi) is 58.9. The molecular formula is C5H7NO12. The molecule has 104 valence electrons. The Balaban J connectivity index is -0.0000000257. The summed E-state index contributed by atoms with van der Waals surface area (Å²) in [7, 11) is 0. The molecule has 0 saturated heterocycles. The molecule has 0 aliphatic heterocycles. The molecule has 0 fully saturated rings. The predicted molar refractivity (Wildman–Crippen MR) is 40.4 cm³/mol. The summed E-state index contributed by atoms with van der Waals surface area (Å²) in [5, 5.41) is 61.2. The second kappa shape index (κ2) is 29.2. The molecule has 0 amide bonds. The number of hydrogen-bond acceptors (Lipinski definition) is 9. The maximum atomic E-state index is 8.44. The van der Waals surface area contributed by atoms with Gasteiger partial charge in [-0.3, -0.25) is 0 Å². The molecule has 0 spiro atoms. The maximum absolute atomic E-state index is 8.44. The minimum Gasteiger partial charge on any atom is -0.565 e. The largest absolute Gasteiger partial charge is 4.00 e. The van der Waals surface area contributed by atoms with Gasteiger partial charge in [-0.15, -0.1) is 0 Å². The normalized spacial score (nSPS) is 5.33. The van der Waals surface area contributed by atoms with Gasteiger partial charge in [-0.05, 0) is 0 Å². The minimum atomic E-state index is -2.08. The fraction of sp³-hybridized carbons (Fsp3) is 0. The Labute approximate surface area is 99.4 Å². The van der Waals surface area contributed by atoms with Crippen molar-refractivity contribution in [2.45, 2.75) is 0 Å². The van der Waals surface area contributed by atoms with Crippen molar-refractivity contribution in [1.82, 2.24) is 6.15 Å². The Morgan fingerprint density at radius 2 is 0.556 bits per heavy atom. The van der Waals surface area contributed by atoms with Crippen LogP contribution in [0.15, 0.2) is 0 Å². The van der Waals surface area contributed by atoms with Crippen molar-refractivity contribution in [2.24, 2.45) is 0 Å². The topological polar surface area (TPSA) is 276 Å². The van der Waals surface area contributed by atoms with E-state index in [0.29, 0.717) is 0 Å². The van der Waals surface area contributed by atoms with Crippen molar-refractivity contribution in [3.05, 3.63) is 7.43 Å². The molecular weight excluding hydrogens is 266 g/mol. The fourth-order valence-corrected chi connectivity index (χ4v) is 0. The average Bonchev–Trinajstić information content (AvgIpc) is 1.76. The summed E-state index contributed by atoms with van der Waals surface area (Å²) in [5.74, 6) is 0. The van der Waals surface area contributed by atoms with Crippen LogP contribution in [-0.2, 0) is 0 Å². The molecule has 0 bridgehead atoms. The first-order valence-electron chi connectivity index (χ1n) is 2.53. The van der Waals surface area contributed by atoms with Gasteiger partial charge in [0.15, 0.2) is 0 Å². The van der Waals surface area contributed by atoms with Crippen LogP contribution in [0.5, 0.6) is 0 Å². The van der Waals surface area contributed by atoms with Gasteiger partial charge in [-0.1, -0.05) is 0 Å².